The molecule has 3 heterocycles. The normalized spacial score (nSPS) is 14.2. The summed E-state index contributed by atoms with van der Waals surface area (Å²) in [6, 6.07) is 172. The lowest BCUT2D eigenvalue weighted by atomic mass is 9.33. The highest BCUT2D eigenvalue weighted by atomic mass is 15.2. The minimum Gasteiger partial charge on any atom is -0.342 e. The van der Waals surface area contributed by atoms with Crippen molar-refractivity contribution < 1.29 is 0 Å². The van der Waals surface area contributed by atoms with Crippen molar-refractivity contribution in [2.24, 2.45) is 0 Å². The quantitative estimate of drug-likeness (QED) is 0.0467. The predicted molar refractivity (Wildman–Crippen MR) is 565 cm³/mol. The maximum absolute atomic E-state index is 2.79. The first kappa shape index (κ1) is 80.5. The van der Waals surface area contributed by atoms with Gasteiger partial charge in [0.05, 0.1) is 33.3 Å². The van der Waals surface area contributed by atoms with Gasteiger partial charge in [-0.3, -0.25) is 0 Å². The van der Waals surface area contributed by atoms with Crippen LogP contribution >= 0.6 is 0 Å². The zero-order chi connectivity index (χ0) is 89.1. The van der Waals surface area contributed by atoms with E-state index >= 15 is 0 Å². The summed E-state index contributed by atoms with van der Waals surface area (Å²) in [5.41, 5.74) is 51.3. The molecule has 4 heteroatoms. The predicted octanol–water partition coefficient (Wildman–Crippen LogP) is 31.0. The molecule has 0 atom stereocenters. The van der Waals surface area contributed by atoms with Crippen LogP contribution in [0.2, 0.25) is 0 Å². The molecule has 19 aromatic rings. The third-order valence-electron chi connectivity index (χ3n) is 31.5. The summed E-state index contributed by atoms with van der Waals surface area (Å²) in [5, 5.41) is 0. The van der Waals surface area contributed by atoms with Crippen LogP contribution in [0.15, 0.2) is 449 Å². The summed E-state index contributed by atoms with van der Waals surface area (Å²) in [4.78, 5) is 8.23. The Bertz CT molecular complexity index is 7280. The van der Waals surface area contributed by atoms with E-state index in [-0.39, 0.29) is 17.5 Å². The lowest BCUT2D eigenvalue weighted by Gasteiger charge is -2.48. The Kier molecular flexibility index (Phi) is 19.8. The van der Waals surface area contributed by atoms with Gasteiger partial charge in [0.1, 0.15) is 0 Å². The molecule has 0 bridgehead atoms. The Morgan fingerprint density at radius 3 is 0.859 bits per heavy atom. The van der Waals surface area contributed by atoms with Crippen LogP contribution in [-0.2, 0) is 29.1 Å². The number of rotatable bonds is 23. The largest absolute Gasteiger partial charge is 0.342 e. The summed E-state index contributed by atoms with van der Waals surface area (Å²) in [5.74, 6) is 0. The second-order valence-corrected chi connectivity index (χ2v) is 38.4. The van der Waals surface area contributed by atoms with E-state index in [0.717, 1.165) is 90.1 Å². The van der Waals surface area contributed by atoms with Crippen molar-refractivity contribution in [3.8, 4) is 89.0 Å². The topological polar surface area (TPSA) is 9.72 Å². The number of unbranched alkanes of at least 4 members (excludes halogenated alkanes) is 8. The van der Waals surface area contributed by atoms with Gasteiger partial charge in [-0.1, -0.05) is 439 Å². The molecule has 3 aliphatic heterocycles. The van der Waals surface area contributed by atoms with E-state index in [2.05, 4.69) is 464 Å². The molecule has 26 rings (SSSR count). The fraction of sp³-hybridized carbons (Fsp3) is 0.130. The van der Waals surface area contributed by atoms with Gasteiger partial charge < -0.3 is 14.7 Å². The Hall–Kier alpha value is -15.4. The van der Waals surface area contributed by atoms with Gasteiger partial charge in [0.2, 0.25) is 0 Å². The smallest absolute Gasteiger partial charge is 0.252 e. The molecule has 7 aliphatic rings. The molecular formula is C131H102BN3. The molecule has 644 valence electrons. The first-order valence-electron chi connectivity index (χ1n) is 49.3. The molecule has 0 aromatic heterocycles. The van der Waals surface area contributed by atoms with Crippen molar-refractivity contribution in [2.45, 2.75) is 93.3 Å². The molecule has 3 nitrogen and oxygen atoms in total. The Morgan fingerprint density at radius 2 is 0.481 bits per heavy atom. The van der Waals surface area contributed by atoms with Crippen LogP contribution in [-0.4, -0.2) is 19.8 Å². The number of fused-ring (bicyclic) bond motifs is 26. The molecule has 0 unspecified atom stereocenters. The van der Waals surface area contributed by atoms with Crippen LogP contribution in [0.5, 0.6) is 0 Å². The van der Waals surface area contributed by atoms with Crippen molar-refractivity contribution in [1.29, 1.82) is 0 Å². The monoisotopic (exact) mass is 1730 g/mol. The van der Waals surface area contributed by atoms with Crippen LogP contribution in [0.3, 0.4) is 0 Å². The molecular weight excluding hydrogens is 1630 g/mol. The molecule has 0 amide bonds. The van der Waals surface area contributed by atoms with E-state index in [4.69, 9.17) is 0 Å². The van der Waals surface area contributed by atoms with Crippen LogP contribution in [0.25, 0.3) is 89.0 Å². The van der Waals surface area contributed by atoms with Crippen molar-refractivity contribution in [2.75, 3.05) is 27.8 Å². The number of hydrogen-bond donors (Lipinski definition) is 0. The maximum Gasteiger partial charge on any atom is 0.252 e. The van der Waals surface area contributed by atoms with Crippen molar-refractivity contribution >= 4 is 62.9 Å². The lowest BCUT2D eigenvalue weighted by Crippen LogP contribution is -2.62. The molecule has 4 aliphatic carbocycles. The van der Waals surface area contributed by atoms with Gasteiger partial charge in [-0.2, -0.15) is 0 Å². The van der Waals surface area contributed by atoms with Crippen molar-refractivity contribution in [3.05, 3.63) is 527 Å². The van der Waals surface area contributed by atoms with Gasteiger partial charge in [0, 0.05) is 35.8 Å². The van der Waals surface area contributed by atoms with Crippen LogP contribution in [0.4, 0.5) is 39.8 Å². The zero-order valence-corrected chi connectivity index (χ0v) is 76.0. The third kappa shape index (κ3) is 12.6. The summed E-state index contributed by atoms with van der Waals surface area (Å²) < 4.78 is 0. The highest BCUT2D eigenvalue weighted by molar-refractivity contribution is 7.00. The third-order valence-corrected chi connectivity index (χ3v) is 31.5. The molecule has 135 heavy (non-hydrogen) atoms. The molecule has 2 spiro atoms. The lowest BCUT2D eigenvalue weighted by molar-refractivity contribution is 0.615. The minimum absolute atomic E-state index is 0.0693. The van der Waals surface area contributed by atoms with Gasteiger partial charge in [0.25, 0.3) is 6.71 Å². The molecule has 0 saturated heterocycles. The van der Waals surface area contributed by atoms with Gasteiger partial charge in [-0.05, 0) is 270 Å². The SMILES string of the molecule is c1ccc(-c2ccc3c(c2)B2c4cc(-c5ccccc5)ccc4N(CCCCCCCc4ccccc4-c4ccc5c(c4)C4(c6ccccc6-c6ccccc64)c4ccccc4-5)c4cc(N5c6ccccc6C(c6ccccc6)(c6ccccc6)c6ccccc65)cc(c42)N3CCCCCCCc2ccccc2-c2ccc3c(c2)C2(c4ccccc4-c4ccccc42)c2ccccc2-3)cc1. The van der Waals surface area contributed by atoms with Crippen LogP contribution < -0.4 is 31.1 Å². The maximum atomic E-state index is 2.79. The Morgan fingerprint density at radius 1 is 0.185 bits per heavy atom. The minimum atomic E-state index is -0.623. The first-order chi connectivity index (χ1) is 67.0. The number of anilines is 7. The van der Waals surface area contributed by atoms with Crippen LogP contribution in [0.1, 0.15) is 142 Å². The average molecular weight is 1730 g/mol. The van der Waals surface area contributed by atoms with Gasteiger partial charge in [-0.25, -0.2) is 0 Å². The average Bonchev–Trinajstić information content (AvgIpc) is 1.46. The van der Waals surface area contributed by atoms with Gasteiger partial charge in [-0.15, -0.1) is 0 Å². The van der Waals surface area contributed by atoms with Crippen molar-refractivity contribution in [3.63, 3.8) is 0 Å². The van der Waals surface area contributed by atoms with E-state index in [1.54, 1.807) is 0 Å². The number of aryl methyl sites for hydroxylation is 2. The standard InChI is InChI=1S/C131H102BN3/c1(3-11-47-91-49-21-23-55-100(91)95-73-77-108-106-61-29-35-67-114(106)130(118(108)83-95)110-63-31-25-57-102(110)103-58-26-32-64-111(103)130)5-41-81-133-124-79-75-93(89-43-13-7-14-44-89)85-120(124)132-121-86-94(90-45-15-8-16-46-90)76-80-125(121)134(127-88-99(87-126(133)128(127)132)135-122-71-39-37-69-116(122)129(97-51-17-9-18-52-97,98-53-19-10-20-54-98)117-70-38-40-72-123(117)135)82-42-6-2-4-12-48-92-50-22-24-56-101(92)96-74-78-109-107-62-30-36-68-115(107)131(119(109)84-96)112-65-33-27-59-104(112)105-60-28-34-66-113(105)131/h7-10,13-40,43-46,49-80,83-88H,1-6,11-12,41-42,47-48,81-82H2. The molecule has 0 radical (unpaired) electrons. The van der Waals surface area contributed by atoms with E-state index in [9.17, 15) is 0 Å². The number of hydrogen-bond acceptors (Lipinski definition) is 3. The fourth-order valence-corrected chi connectivity index (χ4v) is 25.9. The summed E-state index contributed by atoms with van der Waals surface area (Å²) in [7, 11) is 0. The molecule has 0 N–H and O–H groups in total. The van der Waals surface area contributed by atoms with Crippen molar-refractivity contribution in [1.82, 2.24) is 0 Å². The van der Waals surface area contributed by atoms with E-state index in [1.807, 2.05) is 0 Å². The van der Waals surface area contributed by atoms with Crippen LogP contribution in [0, 0.1) is 0 Å². The summed E-state index contributed by atoms with van der Waals surface area (Å²) >= 11 is 0. The Labute approximate surface area is 794 Å². The van der Waals surface area contributed by atoms with Gasteiger partial charge in [0.15, 0.2) is 0 Å². The second-order valence-electron chi connectivity index (χ2n) is 38.4. The fourth-order valence-electron chi connectivity index (χ4n) is 25.9. The number of benzene rings is 19. The summed E-state index contributed by atoms with van der Waals surface area (Å²) in [6.45, 7) is 1.67. The molecule has 0 fully saturated rings. The Balaban J connectivity index is 0.540. The molecule has 0 saturated carbocycles. The van der Waals surface area contributed by atoms with E-state index in [0.29, 0.717) is 0 Å². The zero-order valence-electron chi connectivity index (χ0n) is 76.0. The summed E-state index contributed by atoms with van der Waals surface area (Å²) in [6.07, 6.45) is 13.2. The van der Waals surface area contributed by atoms with E-state index < -0.39 is 5.41 Å². The molecule has 19 aromatic carbocycles. The van der Waals surface area contributed by atoms with E-state index in [1.165, 1.54) is 223 Å². The highest BCUT2D eigenvalue weighted by Crippen LogP contribution is 2.66. The number of para-hydroxylation sites is 2. The highest BCUT2D eigenvalue weighted by Gasteiger charge is 2.55. The second kappa shape index (κ2) is 33.1. The number of nitrogens with zero attached hydrogens (tertiary/aromatic N) is 3. The first-order valence-corrected chi connectivity index (χ1v) is 49.3. The van der Waals surface area contributed by atoms with Gasteiger partial charge >= 0.3 is 0 Å².